The molecule has 6 nitrogen and oxygen atoms in total. The summed E-state index contributed by atoms with van der Waals surface area (Å²) in [6.45, 7) is 2.85. The molecule has 1 aliphatic rings. The van der Waals surface area contributed by atoms with Gasteiger partial charge in [-0.3, -0.25) is 9.89 Å². The predicted molar refractivity (Wildman–Crippen MR) is 75.5 cm³/mol. The maximum Gasteiger partial charge on any atom is 0.252 e. The number of carbonyl (C=O) groups excluding carboxylic acids is 1. The van der Waals surface area contributed by atoms with Gasteiger partial charge in [-0.05, 0) is 37.5 Å². The van der Waals surface area contributed by atoms with E-state index in [1.54, 1.807) is 0 Å². The number of carbonyl (C=O) groups is 1. The second-order valence-electron chi connectivity index (χ2n) is 4.93. The molecule has 0 spiro atoms. The van der Waals surface area contributed by atoms with Crippen molar-refractivity contribution < 1.29 is 4.79 Å². The zero-order valence-electron chi connectivity index (χ0n) is 11.3. The molecule has 3 rings (SSSR count). The molecule has 3 N–H and O–H groups in total. The normalized spacial score (nSPS) is 15.1. The van der Waals surface area contributed by atoms with Crippen LogP contribution < -0.4 is 10.6 Å². The monoisotopic (exact) mass is 271 g/mol. The first-order valence-corrected chi connectivity index (χ1v) is 6.77. The molecule has 1 atom stereocenters. The SMILES string of the molecule is CC(NC(=O)c1cccc2c1CCCN2)c1ncn[nH]1. The molecule has 0 saturated carbocycles. The van der Waals surface area contributed by atoms with E-state index in [1.165, 1.54) is 6.33 Å². The third-order valence-corrected chi connectivity index (χ3v) is 3.53. The van der Waals surface area contributed by atoms with Gasteiger partial charge < -0.3 is 10.6 Å². The van der Waals surface area contributed by atoms with Gasteiger partial charge in [0.15, 0.2) is 0 Å². The van der Waals surface area contributed by atoms with Gasteiger partial charge in [-0.25, -0.2) is 4.98 Å². The quantitative estimate of drug-likeness (QED) is 0.792. The van der Waals surface area contributed by atoms with Crippen molar-refractivity contribution in [3.8, 4) is 0 Å². The highest BCUT2D eigenvalue weighted by Gasteiger charge is 2.19. The van der Waals surface area contributed by atoms with E-state index in [-0.39, 0.29) is 11.9 Å². The lowest BCUT2D eigenvalue weighted by Crippen LogP contribution is -2.29. The topological polar surface area (TPSA) is 82.7 Å². The summed E-state index contributed by atoms with van der Waals surface area (Å²) in [5, 5.41) is 12.8. The maximum absolute atomic E-state index is 12.4. The fraction of sp³-hybridized carbons (Fsp3) is 0.357. The van der Waals surface area contributed by atoms with E-state index in [1.807, 2.05) is 25.1 Å². The number of anilines is 1. The molecule has 2 aromatic rings. The second kappa shape index (κ2) is 5.32. The molecule has 0 radical (unpaired) electrons. The Hall–Kier alpha value is -2.37. The summed E-state index contributed by atoms with van der Waals surface area (Å²) in [7, 11) is 0. The van der Waals surface area contributed by atoms with Crippen LogP contribution in [0.25, 0.3) is 0 Å². The number of amides is 1. The Kier molecular flexibility index (Phi) is 3.37. The van der Waals surface area contributed by atoms with Crippen LogP contribution in [0.3, 0.4) is 0 Å². The molecule has 0 bridgehead atoms. The molecular weight excluding hydrogens is 254 g/mol. The Labute approximate surface area is 117 Å². The van der Waals surface area contributed by atoms with E-state index in [4.69, 9.17) is 0 Å². The average molecular weight is 271 g/mol. The minimum absolute atomic E-state index is 0.0746. The van der Waals surface area contributed by atoms with Crippen LogP contribution in [0.1, 0.15) is 41.1 Å². The Morgan fingerprint density at radius 3 is 3.15 bits per heavy atom. The van der Waals surface area contributed by atoms with Crippen molar-refractivity contribution in [2.45, 2.75) is 25.8 Å². The molecule has 1 amide bonds. The predicted octanol–water partition coefficient (Wildman–Crippen LogP) is 1.65. The third-order valence-electron chi connectivity index (χ3n) is 3.53. The van der Waals surface area contributed by atoms with Gasteiger partial charge >= 0.3 is 0 Å². The molecule has 1 unspecified atom stereocenters. The first kappa shape index (κ1) is 12.7. The number of nitrogens with one attached hydrogen (secondary N) is 3. The number of fused-ring (bicyclic) bond motifs is 1. The van der Waals surface area contributed by atoms with E-state index < -0.39 is 0 Å². The maximum atomic E-state index is 12.4. The summed E-state index contributed by atoms with van der Waals surface area (Å²) >= 11 is 0. The highest BCUT2D eigenvalue weighted by Crippen LogP contribution is 2.25. The van der Waals surface area contributed by atoms with Gasteiger partial charge in [0, 0.05) is 17.8 Å². The van der Waals surface area contributed by atoms with Gasteiger partial charge in [0.25, 0.3) is 5.91 Å². The molecule has 0 fully saturated rings. The number of hydrogen-bond acceptors (Lipinski definition) is 4. The van der Waals surface area contributed by atoms with Crippen LogP contribution >= 0.6 is 0 Å². The lowest BCUT2D eigenvalue weighted by molar-refractivity contribution is 0.0937. The van der Waals surface area contributed by atoms with Crippen LogP contribution in [-0.4, -0.2) is 27.6 Å². The standard InChI is InChI=1S/C14H17N5O/c1-9(13-16-8-17-19-13)18-14(20)11-4-2-6-12-10(11)5-3-7-15-12/h2,4,6,8-9,15H,3,5,7H2,1H3,(H,18,20)(H,16,17,19). The van der Waals surface area contributed by atoms with E-state index in [0.717, 1.165) is 36.2 Å². The van der Waals surface area contributed by atoms with Crippen molar-refractivity contribution >= 4 is 11.6 Å². The van der Waals surface area contributed by atoms with E-state index in [2.05, 4.69) is 25.8 Å². The molecule has 1 aliphatic heterocycles. The molecule has 2 heterocycles. The second-order valence-corrected chi connectivity index (χ2v) is 4.93. The van der Waals surface area contributed by atoms with Crippen molar-refractivity contribution in [2.24, 2.45) is 0 Å². The van der Waals surface area contributed by atoms with Gasteiger partial charge in [-0.15, -0.1) is 0 Å². The number of aromatic amines is 1. The smallest absolute Gasteiger partial charge is 0.252 e. The van der Waals surface area contributed by atoms with E-state index in [0.29, 0.717) is 5.82 Å². The van der Waals surface area contributed by atoms with Crippen molar-refractivity contribution in [2.75, 3.05) is 11.9 Å². The number of rotatable bonds is 3. The fourth-order valence-electron chi connectivity index (χ4n) is 2.49. The van der Waals surface area contributed by atoms with E-state index in [9.17, 15) is 4.79 Å². The Balaban J connectivity index is 1.81. The molecular formula is C14H17N5O. The molecule has 1 aromatic heterocycles. The van der Waals surface area contributed by atoms with Gasteiger partial charge in [0.1, 0.15) is 12.2 Å². The minimum Gasteiger partial charge on any atom is -0.385 e. The number of aromatic nitrogens is 3. The first-order chi connectivity index (χ1) is 9.75. The molecule has 104 valence electrons. The van der Waals surface area contributed by atoms with Crippen LogP contribution in [0.15, 0.2) is 24.5 Å². The summed E-state index contributed by atoms with van der Waals surface area (Å²) in [5.74, 6) is 0.579. The number of H-pyrrole nitrogens is 1. The van der Waals surface area contributed by atoms with Crippen molar-refractivity contribution in [1.29, 1.82) is 0 Å². The Bertz CT molecular complexity index is 608. The van der Waals surface area contributed by atoms with Gasteiger partial charge in [-0.1, -0.05) is 6.07 Å². The first-order valence-electron chi connectivity index (χ1n) is 6.77. The van der Waals surface area contributed by atoms with Crippen LogP contribution in [0, 0.1) is 0 Å². The molecule has 20 heavy (non-hydrogen) atoms. The van der Waals surface area contributed by atoms with Gasteiger partial charge in [0.05, 0.1) is 6.04 Å². The highest BCUT2D eigenvalue weighted by atomic mass is 16.1. The third kappa shape index (κ3) is 2.36. The lowest BCUT2D eigenvalue weighted by Gasteiger charge is -2.21. The van der Waals surface area contributed by atoms with E-state index >= 15 is 0 Å². The van der Waals surface area contributed by atoms with Crippen LogP contribution in [0.4, 0.5) is 5.69 Å². The lowest BCUT2D eigenvalue weighted by atomic mass is 9.97. The van der Waals surface area contributed by atoms with Crippen molar-refractivity contribution in [1.82, 2.24) is 20.5 Å². The number of nitrogens with zero attached hydrogens (tertiary/aromatic N) is 2. The summed E-state index contributed by atoms with van der Waals surface area (Å²) in [5.41, 5.74) is 2.90. The summed E-state index contributed by atoms with van der Waals surface area (Å²) in [6.07, 6.45) is 3.42. The highest BCUT2D eigenvalue weighted by molar-refractivity contribution is 5.97. The van der Waals surface area contributed by atoms with Crippen LogP contribution in [-0.2, 0) is 6.42 Å². The summed E-state index contributed by atoms with van der Waals surface area (Å²) in [4.78, 5) is 16.5. The average Bonchev–Trinajstić information content (AvgIpc) is 3.01. The van der Waals surface area contributed by atoms with Crippen molar-refractivity contribution in [3.05, 3.63) is 41.5 Å². The van der Waals surface area contributed by atoms with Crippen LogP contribution in [0.5, 0.6) is 0 Å². The minimum atomic E-state index is -0.197. The van der Waals surface area contributed by atoms with Crippen molar-refractivity contribution in [3.63, 3.8) is 0 Å². The zero-order chi connectivity index (χ0) is 13.9. The largest absolute Gasteiger partial charge is 0.385 e. The fourth-order valence-corrected chi connectivity index (χ4v) is 2.49. The molecule has 1 aromatic carbocycles. The Morgan fingerprint density at radius 1 is 1.45 bits per heavy atom. The van der Waals surface area contributed by atoms with Crippen LogP contribution in [0.2, 0.25) is 0 Å². The molecule has 0 saturated heterocycles. The summed E-state index contributed by atoms with van der Waals surface area (Å²) in [6, 6.07) is 5.60. The molecule has 6 heteroatoms. The molecule has 0 aliphatic carbocycles. The number of benzene rings is 1. The van der Waals surface area contributed by atoms with Gasteiger partial charge in [-0.2, -0.15) is 5.10 Å². The summed E-state index contributed by atoms with van der Waals surface area (Å²) < 4.78 is 0. The van der Waals surface area contributed by atoms with Gasteiger partial charge in [0.2, 0.25) is 0 Å². The Morgan fingerprint density at radius 2 is 2.35 bits per heavy atom. The number of hydrogen-bond donors (Lipinski definition) is 3. The zero-order valence-corrected chi connectivity index (χ0v) is 11.3.